The first-order valence-corrected chi connectivity index (χ1v) is 10.0. The topological polar surface area (TPSA) is 108 Å². The number of nitrogens with zero attached hydrogens (tertiary/aromatic N) is 3. The van der Waals surface area contributed by atoms with E-state index in [4.69, 9.17) is 5.26 Å². The molecule has 2 N–H and O–H groups in total. The van der Waals surface area contributed by atoms with Gasteiger partial charge in [0.25, 0.3) is 10.0 Å². The molecule has 3 rings (SSSR count). The van der Waals surface area contributed by atoms with Crippen LogP contribution in [-0.2, 0) is 16.4 Å². The molecular weight excluding hydrogens is 370 g/mol. The maximum Gasteiger partial charge on any atom is 0.272 e. The van der Waals surface area contributed by atoms with E-state index in [1.165, 1.54) is 17.4 Å². The first kappa shape index (κ1) is 17.8. The van der Waals surface area contributed by atoms with Crippen LogP contribution in [0.25, 0.3) is 0 Å². The molecule has 1 aromatic carbocycles. The Labute approximate surface area is 155 Å². The van der Waals surface area contributed by atoms with Gasteiger partial charge in [-0.25, -0.2) is 8.42 Å². The molecule has 0 aliphatic carbocycles. The minimum absolute atomic E-state index is 0.121. The Balaban J connectivity index is 1.74. The van der Waals surface area contributed by atoms with Crippen LogP contribution in [0.15, 0.2) is 52.7 Å². The first-order chi connectivity index (χ1) is 12.5. The van der Waals surface area contributed by atoms with Crippen molar-refractivity contribution in [3.63, 3.8) is 0 Å². The van der Waals surface area contributed by atoms with Crippen LogP contribution in [0.3, 0.4) is 0 Å². The van der Waals surface area contributed by atoms with E-state index in [0.29, 0.717) is 17.1 Å². The summed E-state index contributed by atoms with van der Waals surface area (Å²) < 4.78 is 27.4. The van der Waals surface area contributed by atoms with Gasteiger partial charge in [-0.15, -0.1) is 21.5 Å². The second kappa shape index (κ2) is 7.51. The summed E-state index contributed by atoms with van der Waals surface area (Å²) in [6, 6.07) is 15.5. The highest BCUT2D eigenvalue weighted by molar-refractivity contribution is 7.94. The van der Waals surface area contributed by atoms with Crippen molar-refractivity contribution in [1.82, 2.24) is 10.2 Å². The molecule has 0 saturated carbocycles. The Hall–Kier alpha value is -2.96. The van der Waals surface area contributed by atoms with Crippen LogP contribution in [0.5, 0.6) is 0 Å². The third-order valence-electron chi connectivity index (χ3n) is 3.46. The molecule has 0 bridgehead atoms. The summed E-state index contributed by atoms with van der Waals surface area (Å²) in [5.74, 6) is 0.524. The van der Waals surface area contributed by atoms with Gasteiger partial charge in [-0.2, -0.15) is 5.26 Å². The summed E-state index contributed by atoms with van der Waals surface area (Å²) >= 11 is 1.23. The van der Waals surface area contributed by atoms with Crippen molar-refractivity contribution >= 4 is 38.7 Å². The van der Waals surface area contributed by atoms with E-state index in [2.05, 4.69) is 26.3 Å². The molecule has 7 nitrogen and oxygen atoms in total. The number of hydrogen-bond donors (Lipinski definition) is 2. The lowest BCUT2D eigenvalue weighted by atomic mass is 10.2. The van der Waals surface area contributed by atoms with Gasteiger partial charge in [0.1, 0.15) is 10.3 Å². The second-order valence-corrected chi connectivity index (χ2v) is 8.34. The van der Waals surface area contributed by atoms with Gasteiger partial charge in [0, 0.05) is 4.88 Å². The lowest BCUT2D eigenvalue weighted by Crippen LogP contribution is -2.13. The number of nitrogens with one attached hydrogen (secondary N) is 2. The molecule has 26 heavy (non-hydrogen) atoms. The molecule has 3 aromatic rings. The molecule has 0 fully saturated rings. The SMILES string of the molecule is CCc1ccc(S(=O)(=O)Nc2ccc(Nc3ccccc3C#N)nn2)s1. The third kappa shape index (κ3) is 3.99. The molecule has 0 spiro atoms. The molecule has 0 saturated heterocycles. The summed E-state index contributed by atoms with van der Waals surface area (Å²) in [5.41, 5.74) is 1.08. The molecule has 132 valence electrons. The van der Waals surface area contributed by atoms with Gasteiger partial charge in [0.05, 0.1) is 11.3 Å². The zero-order valence-corrected chi connectivity index (χ0v) is 15.4. The molecule has 0 atom stereocenters. The third-order valence-corrected chi connectivity index (χ3v) is 6.54. The maximum atomic E-state index is 12.4. The van der Waals surface area contributed by atoms with Crippen molar-refractivity contribution < 1.29 is 8.42 Å². The molecule has 2 aromatic heterocycles. The van der Waals surface area contributed by atoms with Crippen molar-refractivity contribution in [3.05, 3.63) is 59.0 Å². The average Bonchev–Trinajstić information content (AvgIpc) is 3.14. The van der Waals surface area contributed by atoms with Gasteiger partial charge in [-0.1, -0.05) is 19.1 Å². The number of benzene rings is 1. The normalized spacial score (nSPS) is 10.9. The van der Waals surface area contributed by atoms with Crippen LogP contribution in [0.2, 0.25) is 0 Å². The Bertz CT molecular complexity index is 1050. The van der Waals surface area contributed by atoms with Crippen molar-refractivity contribution in [2.45, 2.75) is 17.6 Å². The summed E-state index contributed by atoms with van der Waals surface area (Å²) in [4.78, 5) is 0.993. The quantitative estimate of drug-likeness (QED) is 0.672. The van der Waals surface area contributed by atoms with E-state index in [1.807, 2.05) is 6.92 Å². The number of aryl methyl sites for hydroxylation is 1. The van der Waals surface area contributed by atoms with Crippen LogP contribution in [0.4, 0.5) is 17.3 Å². The van der Waals surface area contributed by atoms with Crippen molar-refractivity contribution in [3.8, 4) is 6.07 Å². The van der Waals surface area contributed by atoms with E-state index in [9.17, 15) is 8.42 Å². The van der Waals surface area contributed by atoms with E-state index in [-0.39, 0.29) is 10.0 Å². The van der Waals surface area contributed by atoms with Gasteiger partial charge in [-0.3, -0.25) is 4.72 Å². The lowest BCUT2D eigenvalue weighted by molar-refractivity contribution is 0.603. The Morgan fingerprint density at radius 3 is 2.46 bits per heavy atom. The van der Waals surface area contributed by atoms with Crippen LogP contribution < -0.4 is 10.0 Å². The molecule has 0 unspecified atom stereocenters. The summed E-state index contributed by atoms with van der Waals surface area (Å²) in [7, 11) is -3.68. The van der Waals surface area contributed by atoms with Crippen LogP contribution >= 0.6 is 11.3 Å². The zero-order valence-electron chi connectivity index (χ0n) is 13.8. The fourth-order valence-electron chi connectivity index (χ4n) is 2.16. The summed E-state index contributed by atoms with van der Waals surface area (Å²) in [6.07, 6.45) is 0.782. The standard InChI is InChI=1S/C17H15N5O2S2/c1-2-13-7-10-17(25-13)26(23,24)22-16-9-8-15(20-21-16)19-14-6-4-3-5-12(14)11-18/h3-10H,2H2,1H3,(H,19,20)(H,21,22). The smallest absolute Gasteiger partial charge is 0.272 e. The van der Waals surface area contributed by atoms with Crippen LogP contribution in [0, 0.1) is 11.3 Å². The largest absolute Gasteiger partial charge is 0.338 e. The fraction of sp³-hybridized carbons (Fsp3) is 0.118. The Kier molecular flexibility index (Phi) is 5.16. The number of anilines is 3. The van der Waals surface area contributed by atoms with Gasteiger partial charge >= 0.3 is 0 Å². The number of hydrogen-bond acceptors (Lipinski definition) is 7. The Morgan fingerprint density at radius 1 is 1.08 bits per heavy atom. The van der Waals surface area contributed by atoms with Crippen molar-refractivity contribution in [2.75, 3.05) is 10.0 Å². The number of nitriles is 1. The highest BCUT2D eigenvalue weighted by Gasteiger charge is 2.17. The minimum Gasteiger partial charge on any atom is -0.338 e. The molecular formula is C17H15N5O2S2. The Morgan fingerprint density at radius 2 is 1.81 bits per heavy atom. The van der Waals surface area contributed by atoms with E-state index >= 15 is 0 Å². The summed E-state index contributed by atoms with van der Waals surface area (Å²) in [6.45, 7) is 1.97. The molecule has 2 heterocycles. The fourth-order valence-corrected chi connectivity index (χ4v) is 4.45. The lowest BCUT2D eigenvalue weighted by Gasteiger charge is -2.08. The van der Waals surface area contributed by atoms with Crippen LogP contribution in [0.1, 0.15) is 17.4 Å². The van der Waals surface area contributed by atoms with E-state index in [1.54, 1.807) is 42.5 Å². The number of thiophene rings is 1. The molecule has 0 amide bonds. The van der Waals surface area contributed by atoms with E-state index < -0.39 is 10.0 Å². The molecule has 0 aliphatic heterocycles. The number of aromatic nitrogens is 2. The molecule has 0 radical (unpaired) electrons. The van der Waals surface area contributed by atoms with Gasteiger partial charge in [0.15, 0.2) is 11.6 Å². The predicted molar refractivity (Wildman–Crippen MR) is 101 cm³/mol. The van der Waals surface area contributed by atoms with Crippen molar-refractivity contribution in [1.29, 1.82) is 5.26 Å². The maximum absolute atomic E-state index is 12.4. The van der Waals surface area contributed by atoms with Gasteiger partial charge < -0.3 is 5.32 Å². The number of sulfonamides is 1. The first-order valence-electron chi connectivity index (χ1n) is 7.73. The number of para-hydroxylation sites is 1. The zero-order chi connectivity index (χ0) is 18.6. The molecule has 0 aliphatic rings. The summed E-state index contributed by atoms with van der Waals surface area (Å²) in [5, 5.41) is 19.9. The second-order valence-electron chi connectivity index (χ2n) is 5.27. The monoisotopic (exact) mass is 385 g/mol. The van der Waals surface area contributed by atoms with Crippen molar-refractivity contribution in [2.24, 2.45) is 0 Å². The minimum atomic E-state index is -3.68. The predicted octanol–water partition coefficient (Wildman–Crippen LogP) is 3.52. The average molecular weight is 385 g/mol. The van der Waals surface area contributed by atoms with Crippen LogP contribution in [-0.4, -0.2) is 18.6 Å². The highest BCUT2D eigenvalue weighted by atomic mass is 32.2. The van der Waals surface area contributed by atoms with Gasteiger partial charge in [-0.05, 0) is 42.8 Å². The van der Waals surface area contributed by atoms with E-state index in [0.717, 1.165) is 11.3 Å². The molecule has 9 heteroatoms. The number of rotatable bonds is 6. The highest BCUT2D eigenvalue weighted by Crippen LogP contribution is 2.24. The van der Waals surface area contributed by atoms with Gasteiger partial charge in [0.2, 0.25) is 0 Å².